The smallest absolute Gasteiger partial charge is 0.330 e. The summed E-state index contributed by atoms with van der Waals surface area (Å²) in [6.07, 6.45) is 1.47. The molecule has 0 amide bonds. The lowest BCUT2D eigenvalue weighted by Crippen LogP contribution is -2.37. The van der Waals surface area contributed by atoms with E-state index in [1.165, 1.54) is 31.0 Å². The Morgan fingerprint density at radius 2 is 1.81 bits per heavy atom. The first-order chi connectivity index (χ1) is 9.95. The van der Waals surface area contributed by atoms with Crippen molar-refractivity contribution in [2.75, 3.05) is 7.11 Å². The average molecular weight is 292 g/mol. The second-order valence-corrected chi connectivity index (χ2v) is 4.19. The molecular weight excluding hydrogens is 276 g/mol. The molecule has 112 valence electrons. The first kappa shape index (κ1) is 16.2. The minimum Gasteiger partial charge on any atom is -0.504 e. The van der Waals surface area contributed by atoms with Gasteiger partial charge in [0, 0.05) is 20.3 Å². The van der Waals surface area contributed by atoms with Crippen LogP contribution in [-0.2, 0) is 18.9 Å². The number of ether oxygens (including phenoxy) is 1. The van der Waals surface area contributed by atoms with Crippen molar-refractivity contribution in [1.82, 2.24) is 9.13 Å². The number of hydrogen-bond donors (Lipinski definition) is 1. The topological polar surface area (TPSA) is 90.5 Å². The number of aromatic nitrogens is 2. The van der Waals surface area contributed by atoms with Crippen LogP contribution in [-0.4, -0.2) is 28.1 Å². The molecule has 7 nitrogen and oxygen atoms in total. The normalized spacial score (nSPS) is 9.67. The van der Waals surface area contributed by atoms with E-state index in [9.17, 15) is 14.7 Å². The molecule has 0 fully saturated rings. The van der Waals surface area contributed by atoms with Crippen LogP contribution in [0.15, 0.2) is 34.0 Å². The number of aryl methyl sites for hydroxylation is 1. The Morgan fingerprint density at radius 1 is 1.19 bits per heavy atom. The molecule has 2 rings (SSSR count). The summed E-state index contributed by atoms with van der Waals surface area (Å²) in [5.74, 6) is 0.265. The summed E-state index contributed by atoms with van der Waals surface area (Å²) in [4.78, 5) is 31.7. The average Bonchev–Trinajstić information content (AvgIpc) is 2.51. The van der Waals surface area contributed by atoms with Crippen molar-refractivity contribution in [1.29, 1.82) is 0 Å². The number of nitrogens with zero attached hydrogens (tertiary/aromatic N) is 2. The van der Waals surface area contributed by atoms with Crippen molar-refractivity contribution in [3.8, 4) is 22.6 Å². The van der Waals surface area contributed by atoms with Gasteiger partial charge in [0.15, 0.2) is 11.5 Å². The highest BCUT2D eigenvalue weighted by Gasteiger charge is 2.11. The van der Waals surface area contributed by atoms with Crippen LogP contribution in [0, 0.1) is 0 Å². The monoisotopic (exact) mass is 292 g/mol. The van der Waals surface area contributed by atoms with Gasteiger partial charge in [0.05, 0.1) is 12.7 Å². The molecule has 2 aromatic rings. The molecule has 0 saturated carbocycles. The van der Waals surface area contributed by atoms with E-state index in [0.717, 1.165) is 4.57 Å². The predicted octanol–water partition coefficient (Wildman–Crippen LogP) is 0.280. The molecule has 1 heterocycles. The highest BCUT2D eigenvalue weighted by molar-refractivity contribution is 5.65. The second-order valence-electron chi connectivity index (χ2n) is 4.19. The van der Waals surface area contributed by atoms with Gasteiger partial charge < -0.3 is 19.2 Å². The summed E-state index contributed by atoms with van der Waals surface area (Å²) in [6.45, 7) is 2.00. The first-order valence-corrected chi connectivity index (χ1v) is 5.88. The summed E-state index contributed by atoms with van der Waals surface area (Å²) in [5, 5.41) is 9.54. The third-order valence-electron chi connectivity index (χ3n) is 2.94. The van der Waals surface area contributed by atoms with Gasteiger partial charge in [0.25, 0.3) is 5.56 Å². The molecule has 0 atom stereocenters. The first-order valence-electron chi connectivity index (χ1n) is 5.88. The van der Waals surface area contributed by atoms with Crippen LogP contribution >= 0.6 is 0 Å². The number of rotatable bonds is 2. The Bertz CT molecular complexity index is 761. The van der Waals surface area contributed by atoms with Gasteiger partial charge in [-0.2, -0.15) is 0 Å². The summed E-state index contributed by atoms with van der Waals surface area (Å²) in [6, 6.07) is 4.59. The number of methoxy groups -OCH3 is 1. The molecule has 7 heteroatoms. The second kappa shape index (κ2) is 6.56. The van der Waals surface area contributed by atoms with Gasteiger partial charge in [-0.1, -0.05) is 6.07 Å². The maximum Gasteiger partial charge on any atom is 0.330 e. The van der Waals surface area contributed by atoms with E-state index in [0.29, 0.717) is 11.1 Å². The molecule has 0 aliphatic rings. The van der Waals surface area contributed by atoms with Crippen molar-refractivity contribution in [2.45, 2.75) is 0 Å². The van der Waals surface area contributed by atoms with Crippen LogP contribution < -0.4 is 16.0 Å². The van der Waals surface area contributed by atoms with E-state index < -0.39 is 5.56 Å². The third kappa shape index (κ3) is 3.02. The maximum atomic E-state index is 12.1. The Labute approximate surface area is 120 Å². The molecule has 1 aromatic heterocycles. The summed E-state index contributed by atoms with van der Waals surface area (Å²) in [5.41, 5.74) is 0.157. The highest BCUT2D eigenvalue weighted by Crippen LogP contribution is 2.29. The Balaban J connectivity index is 0.00000106. The van der Waals surface area contributed by atoms with Crippen LogP contribution in [0.3, 0.4) is 0 Å². The van der Waals surface area contributed by atoms with Crippen molar-refractivity contribution in [3.05, 3.63) is 45.2 Å². The maximum absolute atomic E-state index is 12.1. The fourth-order valence-corrected chi connectivity index (χ4v) is 1.85. The number of aromatic hydroxyl groups is 1. The minimum atomic E-state index is -0.393. The molecule has 1 aromatic carbocycles. The Morgan fingerprint density at radius 3 is 2.38 bits per heavy atom. The molecule has 1 N–H and O–H groups in total. The third-order valence-corrected chi connectivity index (χ3v) is 2.94. The lowest BCUT2D eigenvalue weighted by Gasteiger charge is -2.09. The molecule has 0 radical (unpaired) electrons. The standard InChI is InChI=1S/C13H14N2O4.CH2O/c1-14-7-9(12(17)15(2)13(14)18)8-4-5-10(16)11(6-8)19-3;1-2/h4-7,16H,1-3H3;1H2. The lowest BCUT2D eigenvalue weighted by atomic mass is 10.1. The number of phenols is 1. The quantitative estimate of drug-likeness (QED) is 0.858. The van der Waals surface area contributed by atoms with Gasteiger partial charge in [-0.15, -0.1) is 0 Å². The van der Waals surface area contributed by atoms with Gasteiger partial charge in [-0.25, -0.2) is 4.79 Å². The molecule has 0 bridgehead atoms. The van der Waals surface area contributed by atoms with Crippen molar-refractivity contribution < 1.29 is 14.6 Å². The molecule has 0 aliphatic carbocycles. The van der Waals surface area contributed by atoms with Crippen molar-refractivity contribution in [3.63, 3.8) is 0 Å². The van der Waals surface area contributed by atoms with Crippen molar-refractivity contribution >= 4 is 6.79 Å². The summed E-state index contributed by atoms with van der Waals surface area (Å²) < 4.78 is 7.37. The lowest BCUT2D eigenvalue weighted by molar-refractivity contribution is -0.0979. The SMILES string of the molecule is C=O.COc1cc(-c2cn(C)c(=O)n(C)c2=O)ccc1O. The number of carbonyl (C=O) groups is 1. The van der Waals surface area contributed by atoms with Crippen molar-refractivity contribution in [2.24, 2.45) is 14.1 Å². The molecular formula is C14H16N2O5. The van der Waals surface area contributed by atoms with Gasteiger partial charge >= 0.3 is 5.69 Å². The van der Waals surface area contributed by atoms with E-state index in [4.69, 9.17) is 9.53 Å². The van der Waals surface area contributed by atoms with Crippen LogP contribution in [0.4, 0.5) is 0 Å². The zero-order valence-electron chi connectivity index (χ0n) is 12.0. The molecule has 0 saturated heterocycles. The summed E-state index contributed by atoms with van der Waals surface area (Å²) >= 11 is 0. The van der Waals surface area contributed by atoms with E-state index in [-0.39, 0.29) is 17.2 Å². The van der Waals surface area contributed by atoms with E-state index in [1.807, 2.05) is 6.79 Å². The number of hydrogen-bond acceptors (Lipinski definition) is 5. The van der Waals surface area contributed by atoms with Crippen LogP contribution in [0.25, 0.3) is 11.1 Å². The molecule has 21 heavy (non-hydrogen) atoms. The zero-order chi connectivity index (χ0) is 16.2. The van der Waals surface area contributed by atoms with Crippen LogP contribution in [0.5, 0.6) is 11.5 Å². The van der Waals surface area contributed by atoms with Gasteiger partial charge in [0.1, 0.15) is 6.79 Å². The zero-order valence-corrected chi connectivity index (χ0v) is 12.0. The van der Waals surface area contributed by atoms with Gasteiger partial charge in [-0.05, 0) is 17.7 Å². The number of phenolic OH excluding ortho intramolecular Hbond substituents is 1. The van der Waals surface area contributed by atoms with E-state index in [2.05, 4.69) is 0 Å². The predicted molar refractivity (Wildman–Crippen MR) is 77.7 cm³/mol. The van der Waals surface area contributed by atoms with Crippen LogP contribution in [0.2, 0.25) is 0 Å². The summed E-state index contributed by atoms with van der Waals surface area (Å²) in [7, 11) is 4.42. The van der Waals surface area contributed by atoms with E-state index >= 15 is 0 Å². The van der Waals surface area contributed by atoms with Gasteiger partial charge in [0.2, 0.25) is 0 Å². The van der Waals surface area contributed by atoms with Crippen LogP contribution in [0.1, 0.15) is 0 Å². The fraction of sp³-hybridized carbons (Fsp3) is 0.214. The Kier molecular flexibility index (Phi) is 5.06. The Hall–Kier alpha value is -2.83. The number of carbonyl (C=O) groups excluding carboxylic acids is 1. The minimum absolute atomic E-state index is 0.00658. The molecule has 0 aliphatic heterocycles. The fourth-order valence-electron chi connectivity index (χ4n) is 1.85. The molecule has 0 unspecified atom stereocenters. The largest absolute Gasteiger partial charge is 0.504 e. The molecule has 0 spiro atoms. The van der Waals surface area contributed by atoms with Gasteiger partial charge in [-0.3, -0.25) is 9.36 Å². The number of benzene rings is 1. The highest BCUT2D eigenvalue weighted by atomic mass is 16.5. The van der Waals surface area contributed by atoms with E-state index in [1.54, 1.807) is 19.2 Å².